The van der Waals surface area contributed by atoms with Crippen LogP contribution in [-0.2, 0) is 9.53 Å². The Bertz CT molecular complexity index is 297. The lowest BCUT2D eigenvalue weighted by molar-refractivity contribution is -0.140. The lowest BCUT2D eigenvalue weighted by Gasteiger charge is -2.43. The molecule has 1 N–H and O–H groups in total. The highest BCUT2D eigenvalue weighted by molar-refractivity contribution is 5.84. The first-order valence-electron chi connectivity index (χ1n) is 7.23. The summed E-state index contributed by atoms with van der Waals surface area (Å²) in [6.45, 7) is 4.99. The molecule has 18 heavy (non-hydrogen) atoms. The van der Waals surface area contributed by atoms with Crippen molar-refractivity contribution in [1.29, 1.82) is 0 Å². The van der Waals surface area contributed by atoms with Gasteiger partial charge in [0.25, 0.3) is 0 Å². The van der Waals surface area contributed by atoms with Gasteiger partial charge in [0.2, 0.25) is 5.91 Å². The summed E-state index contributed by atoms with van der Waals surface area (Å²) >= 11 is 0. The van der Waals surface area contributed by atoms with E-state index in [1.807, 2.05) is 4.90 Å². The van der Waals surface area contributed by atoms with Gasteiger partial charge in [0.05, 0.1) is 24.4 Å². The SMILES string of the molecule is CCCCC1NC(C)N(CC2(OC)CCC2)C1=O. The van der Waals surface area contributed by atoms with Gasteiger partial charge < -0.3 is 9.64 Å². The van der Waals surface area contributed by atoms with Gasteiger partial charge in [-0.05, 0) is 32.6 Å². The van der Waals surface area contributed by atoms with E-state index < -0.39 is 0 Å². The van der Waals surface area contributed by atoms with Crippen molar-refractivity contribution in [3.8, 4) is 0 Å². The fourth-order valence-corrected chi connectivity index (χ4v) is 2.98. The highest BCUT2D eigenvalue weighted by atomic mass is 16.5. The van der Waals surface area contributed by atoms with E-state index in [0.717, 1.165) is 38.6 Å². The number of carbonyl (C=O) groups is 1. The highest BCUT2D eigenvalue weighted by Crippen LogP contribution is 2.36. The van der Waals surface area contributed by atoms with Gasteiger partial charge in [-0.1, -0.05) is 19.8 Å². The van der Waals surface area contributed by atoms with Crippen molar-refractivity contribution in [2.24, 2.45) is 0 Å². The van der Waals surface area contributed by atoms with E-state index in [4.69, 9.17) is 4.74 Å². The normalized spacial score (nSPS) is 30.6. The maximum atomic E-state index is 12.4. The molecule has 1 amide bonds. The third kappa shape index (κ3) is 2.54. The lowest BCUT2D eigenvalue weighted by atomic mass is 9.79. The van der Waals surface area contributed by atoms with E-state index in [2.05, 4.69) is 19.2 Å². The zero-order chi connectivity index (χ0) is 13.2. The summed E-state index contributed by atoms with van der Waals surface area (Å²) in [5, 5.41) is 3.40. The van der Waals surface area contributed by atoms with Crippen LogP contribution in [0.1, 0.15) is 52.4 Å². The quantitative estimate of drug-likeness (QED) is 0.787. The molecule has 4 nitrogen and oxygen atoms in total. The van der Waals surface area contributed by atoms with Crippen LogP contribution in [0.15, 0.2) is 0 Å². The van der Waals surface area contributed by atoms with Crippen molar-refractivity contribution in [2.45, 2.75) is 70.2 Å². The molecule has 2 aliphatic rings. The molecule has 104 valence electrons. The number of nitrogens with one attached hydrogen (secondary N) is 1. The average molecular weight is 254 g/mol. The van der Waals surface area contributed by atoms with Crippen molar-refractivity contribution in [3.63, 3.8) is 0 Å². The summed E-state index contributed by atoms with van der Waals surface area (Å²) in [7, 11) is 1.77. The zero-order valence-corrected chi connectivity index (χ0v) is 11.9. The van der Waals surface area contributed by atoms with Crippen molar-refractivity contribution in [1.82, 2.24) is 10.2 Å². The van der Waals surface area contributed by atoms with E-state index in [1.54, 1.807) is 7.11 Å². The minimum atomic E-state index is -0.0642. The molecule has 0 aromatic heterocycles. The number of ether oxygens (including phenoxy) is 1. The Morgan fingerprint density at radius 1 is 1.50 bits per heavy atom. The van der Waals surface area contributed by atoms with Crippen molar-refractivity contribution in [2.75, 3.05) is 13.7 Å². The van der Waals surface area contributed by atoms with Crippen LogP contribution >= 0.6 is 0 Å². The number of nitrogens with zero attached hydrogens (tertiary/aromatic N) is 1. The topological polar surface area (TPSA) is 41.6 Å². The maximum Gasteiger partial charge on any atom is 0.241 e. The first-order valence-corrected chi connectivity index (χ1v) is 7.23. The number of hydrogen-bond acceptors (Lipinski definition) is 3. The van der Waals surface area contributed by atoms with Crippen LogP contribution in [0.3, 0.4) is 0 Å². The fourth-order valence-electron chi connectivity index (χ4n) is 2.98. The molecule has 1 saturated heterocycles. The number of methoxy groups -OCH3 is 1. The van der Waals surface area contributed by atoms with Crippen LogP contribution in [0, 0.1) is 0 Å². The number of rotatable bonds is 6. The molecule has 0 aromatic rings. The van der Waals surface area contributed by atoms with Crippen LogP contribution < -0.4 is 5.32 Å². The molecular formula is C14H26N2O2. The van der Waals surface area contributed by atoms with E-state index in [9.17, 15) is 4.79 Å². The largest absolute Gasteiger partial charge is 0.376 e. The Balaban J connectivity index is 1.94. The van der Waals surface area contributed by atoms with Crippen molar-refractivity contribution in [3.05, 3.63) is 0 Å². The molecule has 4 heteroatoms. The molecular weight excluding hydrogens is 228 g/mol. The standard InChI is InChI=1S/C14H26N2O2/c1-4-5-7-12-13(17)16(11(2)15-12)10-14(18-3)8-6-9-14/h11-12,15H,4-10H2,1-3H3. The van der Waals surface area contributed by atoms with E-state index in [-0.39, 0.29) is 23.7 Å². The Morgan fingerprint density at radius 3 is 2.72 bits per heavy atom. The summed E-state index contributed by atoms with van der Waals surface area (Å²) < 4.78 is 5.63. The summed E-state index contributed by atoms with van der Waals surface area (Å²) in [5.41, 5.74) is -0.0642. The van der Waals surface area contributed by atoms with Crippen LogP contribution in [0.4, 0.5) is 0 Å². The van der Waals surface area contributed by atoms with Gasteiger partial charge in [0, 0.05) is 7.11 Å². The molecule has 0 aromatic carbocycles. The number of carbonyl (C=O) groups excluding carboxylic acids is 1. The number of amides is 1. The zero-order valence-electron chi connectivity index (χ0n) is 11.9. The minimum absolute atomic E-state index is 0.0222. The van der Waals surface area contributed by atoms with Gasteiger partial charge in [-0.15, -0.1) is 0 Å². The van der Waals surface area contributed by atoms with Crippen LogP contribution in [0.2, 0.25) is 0 Å². The first kappa shape index (κ1) is 13.8. The van der Waals surface area contributed by atoms with Crippen molar-refractivity contribution < 1.29 is 9.53 Å². The van der Waals surface area contributed by atoms with Gasteiger partial charge in [-0.3, -0.25) is 10.1 Å². The van der Waals surface area contributed by atoms with Gasteiger partial charge in [0.1, 0.15) is 0 Å². The van der Waals surface area contributed by atoms with Gasteiger partial charge in [-0.2, -0.15) is 0 Å². The maximum absolute atomic E-state index is 12.4. The monoisotopic (exact) mass is 254 g/mol. The molecule has 0 spiro atoms. The lowest BCUT2D eigenvalue weighted by Crippen LogP contribution is -2.52. The van der Waals surface area contributed by atoms with Gasteiger partial charge in [-0.25, -0.2) is 0 Å². The Kier molecular flexibility index (Phi) is 4.28. The predicted molar refractivity (Wildman–Crippen MR) is 71.2 cm³/mol. The average Bonchev–Trinajstić information content (AvgIpc) is 2.57. The molecule has 2 atom stereocenters. The Labute approximate surface area is 110 Å². The second-order valence-corrected chi connectivity index (χ2v) is 5.74. The summed E-state index contributed by atoms with van der Waals surface area (Å²) in [4.78, 5) is 14.3. The number of unbranched alkanes of at least 4 members (excludes halogenated alkanes) is 1. The first-order chi connectivity index (χ1) is 8.62. The second-order valence-electron chi connectivity index (χ2n) is 5.74. The summed E-state index contributed by atoms with van der Waals surface area (Å²) in [6.07, 6.45) is 6.74. The third-order valence-corrected chi connectivity index (χ3v) is 4.49. The fraction of sp³-hybridized carbons (Fsp3) is 0.929. The van der Waals surface area contributed by atoms with Gasteiger partial charge in [0.15, 0.2) is 0 Å². The van der Waals surface area contributed by atoms with E-state index in [0.29, 0.717) is 0 Å². The molecule has 2 rings (SSSR count). The molecule has 1 saturated carbocycles. The molecule has 2 unspecified atom stereocenters. The Hall–Kier alpha value is -0.610. The molecule has 0 radical (unpaired) electrons. The Morgan fingerprint density at radius 2 is 2.22 bits per heavy atom. The molecule has 1 heterocycles. The molecule has 0 bridgehead atoms. The summed E-state index contributed by atoms with van der Waals surface area (Å²) in [5.74, 6) is 0.263. The van der Waals surface area contributed by atoms with Crippen molar-refractivity contribution >= 4 is 5.91 Å². The van der Waals surface area contributed by atoms with Crippen LogP contribution in [0.25, 0.3) is 0 Å². The predicted octanol–water partition coefficient (Wildman–Crippen LogP) is 1.89. The third-order valence-electron chi connectivity index (χ3n) is 4.49. The van der Waals surface area contributed by atoms with Crippen LogP contribution in [-0.4, -0.2) is 42.3 Å². The minimum Gasteiger partial charge on any atom is -0.376 e. The summed E-state index contributed by atoms with van der Waals surface area (Å²) in [6, 6.07) is 0.0222. The smallest absolute Gasteiger partial charge is 0.241 e. The van der Waals surface area contributed by atoms with E-state index >= 15 is 0 Å². The van der Waals surface area contributed by atoms with E-state index in [1.165, 1.54) is 6.42 Å². The second kappa shape index (κ2) is 5.57. The highest BCUT2D eigenvalue weighted by Gasteiger charge is 2.44. The number of hydrogen-bond donors (Lipinski definition) is 1. The van der Waals surface area contributed by atoms with Gasteiger partial charge >= 0.3 is 0 Å². The van der Waals surface area contributed by atoms with Crippen LogP contribution in [0.5, 0.6) is 0 Å². The molecule has 1 aliphatic carbocycles. The molecule has 1 aliphatic heterocycles. The molecule has 2 fully saturated rings.